The van der Waals surface area contributed by atoms with Gasteiger partial charge in [-0.1, -0.05) is 219 Å². The van der Waals surface area contributed by atoms with Gasteiger partial charge < -0.3 is 0 Å². The van der Waals surface area contributed by atoms with Crippen molar-refractivity contribution < 1.29 is 4.84 Å². The third-order valence-electron chi connectivity index (χ3n) is 11.4. The molecular formula is C45H91NO. The highest BCUT2D eigenvalue weighted by atomic mass is 16.7. The van der Waals surface area contributed by atoms with Crippen LogP contribution in [0, 0.1) is 5.92 Å². The molecule has 0 radical (unpaired) electrons. The van der Waals surface area contributed by atoms with Gasteiger partial charge in [0.1, 0.15) is 0 Å². The first kappa shape index (κ1) is 44.9. The summed E-state index contributed by atoms with van der Waals surface area (Å²) in [5, 5.41) is 2.41. The third kappa shape index (κ3) is 25.5. The second-order valence-electron chi connectivity index (χ2n) is 17.4. The fraction of sp³-hybridized carbons (Fsp3) is 1.00. The van der Waals surface area contributed by atoms with E-state index in [2.05, 4.69) is 46.6 Å². The molecular weight excluding hydrogens is 571 g/mol. The summed E-state index contributed by atoms with van der Waals surface area (Å²) in [4.78, 5) is 6.55. The number of piperidine rings is 1. The Bertz CT molecular complexity index is 624. The summed E-state index contributed by atoms with van der Waals surface area (Å²) in [6, 6.07) is 0. The van der Waals surface area contributed by atoms with Gasteiger partial charge in [-0.15, -0.1) is 0 Å². The molecule has 0 aromatic heterocycles. The van der Waals surface area contributed by atoms with Crippen molar-refractivity contribution in [1.82, 2.24) is 5.06 Å². The molecule has 1 rings (SSSR count). The van der Waals surface area contributed by atoms with Gasteiger partial charge in [-0.05, 0) is 52.9 Å². The van der Waals surface area contributed by atoms with E-state index in [1.165, 1.54) is 225 Å². The molecule has 282 valence electrons. The van der Waals surface area contributed by atoms with E-state index in [-0.39, 0.29) is 11.1 Å². The standard InChI is InChI=1S/C45H91NO/c1-7-9-11-13-15-17-19-21-23-25-27-29-31-33-35-37-39-43-41-44(3,4)46(45(5,6)42-43)47-40-38-36-34-32-30-28-26-24-22-20-18-16-14-12-10-8-2/h43H,7-42H2,1-6H3. The van der Waals surface area contributed by atoms with Crippen LogP contribution >= 0.6 is 0 Å². The average molecular weight is 662 g/mol. The highest BCUT2D eigenvalue weighted by Crippen LogP contribution is 2.43. The van der Waals surface area contributed by atoms with Crippen molar-refractivity contribution >= 4 is 0 Å². The molecule has 1 aliphatic heterocycles. The summed E-state index contributed by atoms with van der Waals surface area (Å²) in [5.41, 5.74) is 0.271. The second kappa shape index (κ2) is 30.7. The number of unbranched alkanes of at least 4 members (excludes halogenated alkanes) is 30. The molecule has 1 aliphatic rings. The van der Waals surface area contributed by atoms with Crippen LogP contribution in [0.15, 0.2) is 0 Å². The van der Waals surface area contributed by atoms with Crippen LogP contribution in [0.25, 0.3) is 0 Å². The Hall–Kier alpha value is -0.0800. The molecule has 0 aromatic rings. The van der Waals surface area contributed by atoms with Gasteiger partial charge in [-0.3, -0.25) is 4.84 Å². The molecule has 0 spiro atoms. The maximum atomic E-state index is 6.55. The van der Waals surface area contributed by atoms with Crippen LogP contribution in [-0.2, 0) is 4.84 Å². The van der Waals surface area contributed by atoms with E-state index in [0.717, 1.165) is 12.5 Å². The van der Waals surface area contributed by atoms with E-state index in [4.69, 9.17) is 4.84 Å². The number of hydrogen-bond donors (Lipinski definition) is 0. The van der Waals surface area contributed by atoms with Crippen LogP contribution in [0.3, 0.4) is 0 Å². The van der Waals surface area contributed by atoms with Crippen molar-refractivity contribution in [3.05, 3.63) is 0 Å². The first-order chi connectivity index (χ1) is 22.8. The minimum absolute atomic E-state index is 0.135. The number of nitrogens with zero attached hydrogens (tertiary/aromatic N) is 1. The molecule has 0 aromatic carbocycles. The molecule has 1 fully saturated rings. The van der Waals surface area contributed by atoms with Crippen LogP contribution in [-0.4, -0.2) is 22.7 Å². The molecule has 1 heterocycles. The quantitative estimate of drug-likeness (QED) is 0.0627. The van der Waals surface area contributed by atoms with Crippen molar-refractivity contribution in [2.45, 2.75) is 277 Å². The van der Waals surface area contributed by atoms with Crippen molar-refractivity contribution in [2.24, 2.45) is 5.92 Å². The topological polar surface area (TPSA) is 12.5 Å². The lowest BCUT2D eigenvalue weighted by atomic mass is 9.73. The normalized spacial score (nSPS) is 16.7. The minimum Gasteiger partial charge on any atom is -0.298 e. The van der Waals surface area contributed by atoms with Gasteiger partial charge in [0.2, 0.25) is 0 Å². The highest BCUT2D eigenvalue weighted by Gasteiger charge is 2.46. The Balaban J connectivity index is 1.98. The summed E-state index contributed by atoms with van der Waals surface area (Å²) in [7, 11) is 0. The molecule has 0 bridgehead atoms. The third-order valence-corrected chi connectivity index (χ3v) is 11.4. The Morgan fingerprint density at radius 1 is 0.383 bits per heavy atom. The Morgan fingerprint density at radius 3 is 0.936 bits per heavy atom. The lowest BCUT2D eigenvalue weighted by Gasteiger charge is -2.54. The first-order valence-electron chi connectivity index (χ1n) is 22.3. The number of rotatable bonds is 35. The maximum Gasteiger partial charge on any atom is 0.0685 e. The lowest BCUT2D eigenvalue weighted by molar-refractivity contribution is -0.288. The fourth-order valence-electron chi connectivity index (χ4n) is 8.81. The van der Waals surface area contributed by atoms with E-state index in [9.17, 15) is 0 Å². The summed E-state index contributed by atoms with van der Waals surface area (Å²) >= 11 is 0. The molecule has 0 saturated carbocycles. The molecule has 2 nitrogen and oxygen atoms in total. The van der Waals surface area contributed by atoms with E-state index in [0.29, 0.717) is 0 Å². The Morgan fingerprint density at radius 2 is 0.638 bits per heavy atom. The van der Waals surface area contributed by atoms with Gasteiger partial charge in [-0.25, -0.2) is 0 Å². The van der Waals surface area contributed by atoms with Crippen LogP contribution in [0.4, 0.5) is 0 Å². The fourth-order valence-corrected chi connectivity index (χ4v) is 8.81. The monoisotopic (exact) mass is 662 g/mol. The van der Waals surface area contributed by atoms with Gasteiger partial charge in [0.25, 0.3) is 0 Å². The molecule has 1 saturated heterocycles. The smallest absolute Gasteiger partial charge is 0.0685 e. The zero-order valence-electron chi connectivity index (χ0n) is 33.9. The van der Waals surface area contributed by atoms with Gasteiger partial charge >= 0.3 is 0 Å². The van der Waals surface area contributed by atoms with Crippen LogP contribution < -0.4 is 0 Å². The van der Waals surface area contributed by atoms with Gasteiger partial charge in [0, 0.05) is 11.1 Å². The Labute approximate surface area is 299 Å². The summed E-state index contributed by atoms with van der Waals surface area (Å²) < 4.78 is 0. The summed E-state index contributed by atoms with van der Waals surface area (Å²) in [5.74, 6) is 0.849. The van der Waals surface area contributed by atoms with Crippen molar-refractivity contribution in [3.63, 3.8) is 0 Å². The Kier molecular flexibility index (Phi) is 29.4. The van der Waals surface area contributed by atoms with E-state index < -0.39 is 0 Å². The summed E-state index contributed by atoms with van der Waals surface area (Å²) in [6.07, 6.45) is 50.0. The SMILES string of the molecule is CCCCCCCCCCCCCCCCCCON1C(C)(C)CC(CCCCCCCCCCCCCCCCCC)CC1(C)C. The van der Waals surface area contributed by atoms with Crippen molar-refractivity contribution in [2.75, 3.05) is 6.61 Å². The van der Waals surface area contributed by atoms with Gasteiger partial charge in [0.05, 0.1) is 6.61 Å². The van der Waals surface area contributed by atoms with Gasteiger partial charge in [-0.2, -0.15) is 5.06 Å². The van der Waals surface area contributed by atoms with Gasteiger partial charge in [0.15, 0.2) is 0 Å². The second-order valence-corrected chi connectivity index (χ2v) is 17.4. The highest BCUT2D eigenvalue weighted by molar-refractivity contribution is 4.96. The predicted octanol–water partition coefficient (Wildman–Crippen LogP) is 16.1. The van der Waals surface area contributed by atoms with Crippen molar-refractivity contribution in [1.29, 1.82) is 0 Å². The molecule has 0 N–H and O–H groups in total. The number of hydrogen-bond acceptors (Lipinski definition) is 2. The van der Waals surface area contributed by atoms with E-state index in [1.807, 2.05) is 0 Å². The van der Waals surface area contributed by atoms with E-state index in [1.54, 1.807) is 0 Å². The molecule has 0 amide bonds. The molecule has 0 atom stereocenters. The molecule has 0 unspecified atom stereocenters. The first-order valence-corrected chi connectivity index (χ1v) is 22.3. The molecule has 47 heavy (non-hydrogen) atoms. The zero-order valence-corrected chi connectivity index (χ0v) is 33.9. The largest absolute Gasteiger partial charge is 0.298 e. The maximum absolute atomic E-state index is 6.55. The lowest BCUT2D eigenvalue weighted by Crippen LogP contribution is -2.60. The zero-order chi connectivity index (χ0) is 34.3. The van der Waals surface area contributed by atoms with Crippen LogP contribution in [0.5, 0.6) is 0 Å². The predicted molar refractivity (Wildman–Crippen MR) is 212 cm³/mol. The van der Waals surface area contributed by atoms with Crippen molar-refractivity contribution in [3.8, 4) is 0 Å². The number of hydroxylamine groups is 2. The molecule has 0 aliphatic carbocycles. The molecule has 2 heteroatoms. The van der Waals surface area contributed by atoms with Crippen LogP contribution in [0.1, 0.15) is 266 Å². The van der Waals surface area contributed by atoms with Crippen LogP contribution in [0.2, 0.25) is 0 Å². The average Bonchev–Trinajstić information content (AvgIpc) is 3.02. The summed E-state index contributed by atoms with van der Waals surface area (Å²) in [6.45, 7) is 15.2. The van der Waals surface area contributed by atoms with E-state index >= 15 is 0 Å². The minimum atomic E-state index is 0.135.